The van der Waals surface area contributed by atoms with Crippen LogP contribution < -0.4 is 0 Å². The van der Waals surface area contributed by atoms with Gasteiger partial charge >= 0.3 is 0 Å². The summed E-state index contributed by atoms with van der Waals surface area (Å²) in [6.45, 7) is 0.815. The Bertz CT molecular complexity index is 585. The molecule has 1 heterocycles. The van der Waals surface area contributed by atoms with E-state index in [4.69, 9.17) is 4.52 Å². The van der Waals surface area contributed by atoms with E-state index in [1.54, 1.807) is 0 Å². The first-order chi connectivity index (χ1) is 10.4. The van der Waals surface area contributed by atoms with Gasteiger partial charge in [0.2, 0.25) is 11.7 Å². The third kappa shape index (κ3) is 2.86. The number of aromatic nitrogens is 2. The average molecular weight is 283 g/mol. The van der Waals surface area contributed by atoms with Gasteiger partial charge in [0.1, 0.15) is 0 Å². The van der Waals surface area contributed by atoms with E-state index in [0.717, 1.165) is 30.1 Å². The molecule has 0 bridgehead atoms. The molecule has 0 saturated heterocycles. The fourth-order valence-electron chi connectivity index (χ4n) is 3.38. The van der Waals surface area contributed by atoms with Crippen LogP contribution in [-0.2, 0) is 6.54 Å². The van der Waals surface area contributed by atoms with E-state index in [1.807, 2.05) is 30.3 Å². The molecule has 0 unspecified atom stereocenters. The maximum absolute atomic E-state index is 5.48. The maximum Gasteiger partial charge on any atom is 0.241 e. The molecule has 2 aliphatic carbocycles. The number of benzene rings is 1. The number of hydrogen-bond donors (Lipinski definition) is 0. The van der Waals surface area contributed by atoms with Crippen LogP contribution in [0, 0.1) is 0 Å². The van der Waals surface area contributed by atoms with Crippen LogP contribution in [0.5, 0.6) is 0 Å². The first kappa shape index (κ1) is 13.0. The van der Waals surface area contributed by atoms with Gasteiger partial charge < -0.3 is 4.52 Å². The summed E-state index contributed by atoms with van der Waals surface area (Å²) in [6.07, 6.45) is 8.05. The van der Waals surface area contributed by atoms with Crippen molar-refractivity contribution >= 4 is 0 Å². The van der Waals surface area contributed by atoms with E-state index in [9.17, 15) is 0 Å². The summed E-state index contributed by atoms with van der Waals surface area (Å²) < 4.78 is 5.48. The van der Waals surface area contributed by atoms with Crippen molar-refractivity contribution < 1.29 is 4.52 Å². The second-order valence-corrected chi connectivity index (χ2v) is 6.22. The molecule has 1 aromatic carbocycles. The van der Waals surface area contributed by atoms with Crippen LogP contribution in [-0.4, -0.2) is 27.1 Å². The lowest BCUT2D eigenvalue weighted by atomic mass is 10.2. The number of rotatable bonds is 5. The number of hydrogen-bond acceptors (Lipinski definition) is 4. The smallest absolute Gasteiger partial charge is 0.241 e. The van der Waals surface area contributed by atoms with Gasteiger partial charge in [0.25, 0.3) is 0 Å². The maximum atomic E-state index is 5.48. The van der Waals surface area contributed by atoms with Crippen molar-refractivity contribution in [1.82, 2.24) is 15.0 Å². The van der Waals surface area contributed by atoms with E-state index in [0.29, 0.717) is 5.82 Å². The molecule has 0 radical (unpaired) electrons. The third-order valence-corrected chi connectivity index (χ3v) is 4.63. The Morgan fingerprint density at radius 3 is 2.43 bits per heavy atom. The second kappa shape index (κ2) is 5.60. The van der Waals surface area contributed by atoms with Gasteiger partial charge in [0, 0.05) is 17.6 Å². The molecule has 2 aliphatic rings. The topological polar surface area (TPSA) is 42.2 Å². The molecule has 110 valence electrons. The fraction of sp³-hybridized carbons (Fsp3) is 0.529. The van der Waals surface area contributed by atoms with Crippen molar-refractivity contribution in [2.45, 2.75) is 57.2 Å². The van der Waals surface area contributed by atoms with Crippen LogP contribution in [0.4, 0.5) is 0 Å². The van der Waals surface area contributed by atoms with Crippen molar-refractivity contribution in [3.05, 3.63) is 36.2 Å². The molecule has 4 heteroatoms. The molecular formula is C17H21N3O. The Balaban J connectivity index is 1.50. The minimum Gasteiger partial charge on any atom is -0.338 e. The Labute approximate surface area is 125 Å². The first-order valence-electron chi connectivity index (χ1n) is 8.04. The minimum absolute atomic E-state index is 0.702. The number of nitrogens with zero attached hydrogens (tertiary/aromatic N) is 3. The van der Waals surface area contributed by atoms with Gasteiger partial charge in [-0.25, -0.2) is 0 Å². The molecular weight excluding hydrogens is 262 g/mol. The van der Waals surface area contributed by atoms with Gasteiger partial charge in [-0.05, 0) is 25.7 Å². The van der Waals surface area contributed by atoms with Gasteiger partial charge in [0.05, 0.1) is 6.54 Å². The Hall–Kier alpha value is -1.68. The monoisotopic (exact) mass is 283 g/mol. The Morgan fingerprint density at radius 1 is 1.00 bits per heavy atom. The van der Waals surface area contributed by atoms with Crippen molar-refractivity contribution in [1.29, 1.82) is 0 Å². The zero-order chi connectivity index (χ0) is 14.1. The first-order valence-corrected chi connectivity index (χ1v) is 8.04. The standard InChI is InChI=1S/C17H21N3O/c1-2-6-13(7-3-1)17-18-16(21-19-17)12-20(15-10-11-15)14-8-4-5-9-14/h1-3,6-7,14-15H,4-5,8-12H2. The molecule has 0 aliphatic heterocycles. The van der Waals surface area contributed by atoms with E-state index in [-0.39, 0.29) is 0 Å². The molecule has 0 N–H and O–H groups in total. The summed E-state index contributed by atoms with van der Waals surface area (Å²) in [5.74, 6) is 1.46. The lowest BCUT2D eigenvalue weighted by Crippen LogP contribution is -2.34. The van der Waals surface area contributed by atoms with Crippen LogP contribution in [0.2, 0.25) is 0 Å². The van der Waals surface area contributed by atoms with Crippen molar-refractivity contribution in [3.8, 4) is 11.4 Å². The van der Waals surface area contributed by atoms with Crippen LogP contribution in [0.15, 0.2) is 34.9 Å². The average Bonchev–Trinajstić information content (AvgIpc) is 3.03. The SMILES string of the molecule is c1ccc(-c2noc(CN(C3CCCC3)C3CC3)n2)cc1. The molecule has 1 aromatic heterocycles. The highest BCUT2D eigenvalue weighted by molar-refractivity contribution is 5.53. The van der Waals surface area contributed by atoms with Gasteiger partial charge in [-0.2, -0.15) is 4.98 Å². The molecule has 2 saturated carbocycles. The molecule has 2 aromatic rings. The minimum atomic E-state index is 0.702. The molecule has 4 rings (SSSR count). The predicted octanol–water partition coefficient (Wildman–Crippen LogP) is 3.64. The van der Waals surface area contributed by atoms with Gasteiger partial charge in [0.15, 0.2) is 0 Å². The summed E-state index contributed by atoms with van der Waals surface area (Å²) in [5, 5.41) is 4.13. The van der Waals surface area contributed by atoms with Gasteiger partial charge in [-0.1, -0.05) is 48.3 Å². The molecule has 0 amide bonds. The molecule has 4 nitrogen and oxygen atoms in total. The zero-order valence-electron chi connectivity index (χ0n) is 12.2. The predicted molar refractivity (Wildman–Crippen MR) is 80.6 cm³/mol. The summed E-state index contributed by atoms with van der Waals surface area (Å²) in [7, 11) is 0. The lowest BCUT2D eigenvalue weighted by molar-refractivity contribution is 0.157. The van der Waals surface area contributed by atoms with Gasteiger partial charge in [-0.3, -0.25) is 4.90 Å². The second-order valence-electron chi connectivity index (χ2n) is 6.22. The van der Waals surface area contributed by atoms with E-state index in [2.05, 4.69) is 15.0 Å². The van der Waals surface area contributed by atoms with Crippen molar-refractivity contribution in [2.24, 2.45) is 0 Å². The quantitative estimate of drug-likeness (QED) is 0.840. The summed E-state index contributed by atoms with van der Waals surface area (Å²) >= 11 is 0. The van der Waals surface area contributed by atoms with Crippen LogP contribution in [0.3, 0.4) is 0 Å². The van der Waals surface area contributed by atoms with Crippen LogP contribution in [0.25, 0.3) is 11.4 Å². The normalized spacial score (nSPS) is 19.5. The van der Waals surface area contributed by atoms with E-state index < -0.39 is 0 Å². The van der Waals surface area contributed by atoms with Crippen molar-refractivity contribution in [3.63, 3.8) is 0 Å². The largest absolute Gasteiger partial charge is 0.338 e. The molecule has 2 fully saturated rings. The summed E-state index contributed by atoms with van der Waals surface area (Å²) in [6, 6.07) is 11.5. The fourth-order valence-corrected chi connectivity index (χ4v) is 3.38. The Kier molecular flexibility index (Phi) is 3.47. The molecule has 21 heavy (non-hydrogen) atoms. The van der Waals surface area contributed by atoms with Crippen LogP contribution in [0.1, 0.15) is 44.4 Å². The van der Waals surface area contributed by atoms with Gasteiger partial charge in [-0.15, -0.1) is 0 Å². The van der Waals surface area contributed by atoms with Crippen molar-refractivity contribution in [2.75, 3.05) is 0 Å². The third-order valence-electron chi connectivity index (χ3n) is 4.63. The van der Waals surface area contributed by atoms with Crippen LogP contribution >= 0.6 is 0 Å². The van der Waals surface area contributed by atoms with E-state index in [1.165, 1.54) is 38.5 Å². The van der Waals surface area contributed by atoms with E-state index >= 15 is 0 Å². The Morgan fingerprint density at radius 2 is 1.71 bits per heavy atom. The summed E-state index contributed by atoms with van der Waals surface area (Å²) in [5.41, 5.74) is 1.02. The highest BCUT2D eigenvalue weighted by Gasteiger charge is 2.36. The summed E-state index contributed by atoms with van der Waals surface area (Å²) in [4.78, 5) is 7.19. The molecule has 0 atom stereocenters. The highest BCUT2D eigenvalue weighted by Crippen LogP contribution is 2.35. The molecule has 0 spiro atoms. The highest BCUT2D eigenvalue weighted by atomic mass is 16.5. The zero-order valence-corrected chi connectivity index (χ0v) is 12.2. The lowest BCUT2D eigenvalue weighted by Gasteiger charge is -2.27.